The number of nitrogens with one attached hydrogen (secondary N) is 1. The maximum atomic E-state index is 13.0. The van der Waals surface area contributed by atoms with Gasteiger partial charge in [0.1, 0.15) is 21.4 Å². The zero-order valence-electron chi connectivity index (χ0n) is 23.3. The molecule has 1 amide bonds. The molecule has 1 aliphatic heterocycles. The van der Waals surface area contributed by atoms with Gasteiger partial charge in [0.05, 0.1) is 24.0 Å². The molecule has 11 heteroatoms. The maximum Gasteiger partial charge on any atom is 0.225 e. The summed E-state index contributed by atoms with van der Waals surface area (Å²) in [4.78, 5) is 24.3. The SMILES string of the molecule is COC1CCN(C(=O)C2CCC(Nc3nccc(-n4ccc5c(OCCCS(C)(=O)=O)cccc54)n3)CC2)CC1. The van der Waals surface area contributed by atoms with Crippen molar-refractivity contribution < 1.29 is 22.7 Å². The van der Waals surface area contributed by atoms with Crippen molar-refractivity contribution >= 4 is 32.6 Å². The number of carbonyl (C=O) groups is 1. The summed E-state index contributed by atoms with van der Waals surface area (Å²) in [6, 6.07) is 9.89. The third kappa shape index (κ3) is 6.93. The minimum absolute atomic E-state index is 0.0958. The molecule has 40 heavy (non-hydrogen) atoms. The summed E-state index contributed by atoms with van der Waals surface area (Å²) in [7, 11) is -1.26. The van der Waals surface area contributed by atoms with Gasteiger partial charge in [0.25, 0.3) is 0 Å². The van der Waals surface area contributed by atoms with Crippen molar-refractivity contribution in [2.45, 2.75) is 57.1 Å². The molecule has 1 saturated carbocycles. The van der Waals surface area contributed by atoms with Crippen molar-refractivity contribution in [3.05, 3.63) is 42.7 Å². The van der Waals surface area contributed by atoms with Gasteiger partial charge in [-0.1, -0.05) is 6.07 Å². The highest BCUT2D eigenvalue weighted by Crippen LogP contribution is 2.30. The fourth-order valence-electron chi connectivity index (χ4n) is 5.76. The van der Waals surface area contributed by atoms with Crippen LogP contribution in [-0.4, -0.2) is 84.7 Å². The van der Waals surface area contributed by atoms with Gasteiger partial charge in [0, 0.05) is 56.2 Å². The zero-order valence-corrected chi connectivity index (χ0v) is 24.1. The highest BCUT2D eigenvalue weighted by molar-refractivity contribution is 7.90. The lowest BCUT2D eigenvalue weighted by atomic mass is 9.85. The molecular weight excluding hydrogens is 530 g/mol. The lowest BCUT2D eigenvalue weighted by Gasteiger charge is -2.36. The van der Waals surface area contributed by atoms with E-state index in [4.69, 9.17) is 14.5 Å². The molecule has 0 atom stereocenters. The number of carbonyl (C=O) groups excluding carboxylic acids is 1. The van der Waals surface area contributed by atoms with Gasteiger partial charge in [-0.3, -0.25) is 4.79 Å². The van der Waals surface area contributed by atoms with Crippen LogP contribution in [0, 0.1) is 5.92 Å². The van der Waals surface area contributed by atoms with Crippen LogP contribution in [-0.2, 0) is 19.4 Å². The first-order valence-electron chi connectivity index (χ1n) is 14.1. The number of ether oxygens (including phenoxy) is 2. The molecule has 3 heterocycles. The third-order valence-electron chi connectivity index (χ3n) is 7.99. The van der Waals surface area contributed by atoms with Gasteiger partial charge in [-0.15, -0.1) is 0 Å². The molecule has 3 aromatic rings. The molecule has 0 unspecified atom stereocenters. The van der Waals surface area contributed by atoms with Crippen molar-refractivity contribution in [1.82, 2.24) is 19.4 Å². The number of amides is 1. The van der Waals surface area contributed by atoms with E-state index in [0.717, 1.165) is 68.3 Å². The first-order chi connectivity index (χ1) is 19.3. The van der Waals surface area contributed by atoms with Gasteiger partial charge in [0.2, 0.25) is 11.9 Å². The number of hydrogen-bond donors (Lipinski definition) is 1. The Morgan fingerprint density at radius 1 is 1.07 bits per heavy atom. The molecule has 216 valence electrons. The van der Waals surface area contributed by atoms with Crippen molar-refractivity contribution in [2.24, 2.45) is 5.92 Å². The smallest absolute Gasteiger partial charge is 0.225 e. The highest BCUT2D eigenvalue weighted by Gasteiger charge is 2.31. The average molecular weight is 570 g/mol. The second-order valence-corrected chi connectivity index (χ2v) is 13.2. The highest BCUT2D eigenvalue weighted by atomic mass is 32.2. The summed E-state index contributed by atoms with van der Waals surface area (Å²) in [6.07, 6.45) is 11.1. The van der Waals surface area contributed by atoms with Crippen molar-refractivity contribution in [2.75, 3.05) is 44.1 Å². The lowest BCUT2D eigenvalue weighted by molar-refractivity contribution is -0.138. The fraction of sp³-hybridized carbons (Fsp3) is 0.552. The Balaban J connectivity index is 1.18. The number of aromatic nitrogens is 3. The number of methoxy groups -OCH3 is 1. The molecule has 2 fully saturated rings. The molecule has 2 aliphatic rings. The van der Waals surface area contributed by atoms with Crippen LogP contribution in [0.2, 0.25) is 0 Å². The van der Waals surface area contributed by atoms with E-state index in [2.05, 4.69) is 10.3 Å². The molecule has 5 rings (SSSR count). The minimum atomic E-state index is -3.01. The summed E-state index contributed by atoms with van der Waals surface area (Å²) in [5, 5.41) is 4.43. The van der Waals surface area contributed by atoms with Crippen LogP contribution < -0.4 is 10.1 Å². The minimum Gasteiger partial charge on any atom is -0.493 e. The van der Waals surface area contributed by atoms with Crippen molar-refractivity contribution in [3.8, 4) is 11.6 Å². The van der Waals surface area contributed by atoms with E-state index in [9.17, 15) is 13.2 Å². The van der Waals surface area contributed by atoms with E-state index in [-0.39, 0.29) is 23.8 Å². The van der Waals surface area contributed by atoms with E-state index in [1.54, 1.807) is 13.3 Å². The first-order valence-corrected chi connectivity index (χ1v) is 16.2. The van der Waals surface area contributed by atoms with Crippen LogP contribution in [0.3, 0.4) is 0 Å². The van der Waals surface area contributed by atoms with Crippen molar-refractivity contribution in [3.63, 3.8) is 0 Å². The molecule has 1 N–H and O–H groups in total. The average Bonchev–Trinajstić information content (AvgIpc) is 3.40. The Labute approximate surface area is 236 Å². The van der Waals surface area contributed by atoms with Gasteiger partial charge in [-0.25, -0.2) is 13.4 Å². The van der Waals surface area contributed by atoms with E-state index < -0.39 is 9.84 Å². The summed E-state index contributed by atoms with van der Waals surface area (Å²) in [5.41, 5.74) is 0.943. The van der Waals surface area contributed by atoms with Gasteiger partial charge < -0.3 is 24.3 Å². The quantitative estimate of drug-likeness (QED) is 0.366. The topological polar surface area (TPSA) is 116 Å². The maximum absolute atomic E-state index is 13.0. The molecule has 10 nitrogen and oxygen atoms in total. The molecule has 0 bridgehead atoms. The zero-order chi connectivity index (χ0) is 28.1. The van der Waals surface area contributed by atoms with Crippen LogP contribution >= 0.6 is 0 Å². The largest absolute Gasteiger partial charge is 0.493 e. The number of benzene rings is 1. The third-order valence-corrected chi connectivity index (χ3v) is 9.02. The number of hydrogen-bond acceptors (Lipinski definition) is 8. The monoisotopic (exact) mass is 569 g/mol. The number of fused-ring (bicyclic) bond motifs is 1. The van der Waals surface area contributed by atoms with Crippen LogP contribution in [0.1, 0.15) is 44.9 Å². The van der Waals surface area contributed by atoms with Gasteiger partial charge in [-0.2, -0.15) is 4.98 Å². The van der Waals surface area contributed by atoms with E-state index in [1.807, 2.05) is 46.0 Å². The summed E-state index contributed by atoms with van der Waals surface area (Å²) >= 11 is 0. The van der Waals surface area contributed by atoms with Crippen molar-refractivity contribution in [1.29, 1.82) is 0 Å². The van der Waals surface area contributed by atoms with E-state index in [0.29, 0.717) is 30.6 Å². The molecular formula is C29H39N5O5S. The van der Waals surface area contributed by atoms with Crippen LogP contribution in [0.15, 0.2) is 42.7 Å². The molecule has 0 spiro atoms. The fourth-order valence-corrected chi connectivity index (χ4v) is 6.40. The number of rotatable bonds is 10. The normalized spacial score (nSPS) is 20.5. The second kappa shape index (κ2) is 12.6. The standard InChI is InChI=1S/C29H39N5O5S/c1-38-23-12-16-33(17-13-23)28(35)21-7-9-22(10-8-21)31-29-30-15-11-27(32-29)34-18-14-24-25(34)5-3-6-26(24)39-19-4-20-40(2,36)37/h3,5-6,11,14-15,18,21-23H,4,7-10,12-13,16-17,19-20H2,1-2H3,(H,30,31,32). The van der Waals surface area contributed by atoms with Gasteiger partial charge >= 0.3 is 0 Å². The Bertz CT molecular complexity index is 1410. The van der Waals surface area contributed by atoms with Crippen LogP contribution in [0.4, 0.5) is 5.95 Å². The molecule has 0 radical (unpaired) electrons. The van der Waals surface area contributed by atoms with Crippen LogP contribution in [0.25, 0.3) is 16.7 Å². The second-order valence-electron chi connectivity index (χ2n) is 10.9. The molecule has 2 aromatic heterocycles. The Morgan fingerprint density at radius 3 is 2.58 bits per heavy atom. The molecule has 1 aliphatic carbocycles. The summed E-state index contributed by atoms with van der Waals surface area (Å²) < 4.78 is 36.1. The number of likely N-dealkylation sites (tertiary alicyclic amines) is 1. The Morgan fingerprint density at radius 2 is 1.85 bits per heavy atom. The van der Waals surface area contributed by atoms with Crippen LogP contribution in [0.5, 0.6) is 5.75 Å². The number of sulfone groups is 1. The van der Waals surface area contributed by atoms with Gasteiger partial charge in [0.15, 0.2) is 0 Å². The lowest BCUT2D eigenvalue weighted by Crippen LogP contribution is -2.44. The predicted molar refractivity (Wildman–Crippen MR) is 155 cm³/mol. The first kappa shape index (κ1) is 28.4. The predicted octanol–water partition coefficient (Wildman–Crippen LogP) is 3.84. The van der Waals surface area contributed by atoms with E-state index >= 15 is 0 Å². The number of nitrogens with zero attached hydrogens (tertiary/aromatic N) is 4. The summed E-state index contributed by atoms with van der Waals surface area (Å²) in [5.74, 6) is 2.52. The number of piperidine rings is 1. The van der Waals surface area contributed by atoms with E-state index in [1.165, 1.54) is 6.26 Å². The Kier molecular flexibility index (Phi) is 8.90. The number of anilines is 1. The molecule has 1 saturated heterocycles. The summed E-state index contributed by atoms with van der Waals surface area (Å²) in [6.45, 7) is 1.92. The molecule has 1 aromatic carbocycles. The van der Waals surface area contributed by atoms with Gasteiger partial charge in [-0.05, 0) is 69.2 Å². The Hall–Kier alpha value is -3.18.